The molecule has 0 heterocycles. The van der Waals surface area contributed by atoms with Crippen molar-refractivity contribution in [3.63, 3.8) is 0 Å². The Hall–Kier alpha value is -3.84. The minimum absolute atomic E-state index is 0.0401. The first-order valence-electron chi connectivity index (χ1n) is 16.4. The van der Waals surface area contributed by atoms with Gasteiger partial charge in [-0.25, -0.2) is 0 Å². The van der Waals surface area contributed by atoms with Crippen LogP contribution < -0.4 is 0 Å². The molecule has 0 aliphatic carbocycles. The lowest BCUT2D eigenvalue weighted by Crippen LogP contribution is -2.20. The van der Waals surface area contributed by atoms with Crippen molar-refractivity contribution in [2.75, 3.05) is 39.6 Å². The normalized spacial score (nSPS) is 11.2. The maximum atomic E-state index is 11.8. The van der Waals surface area contributed by atoms with E-state index >= 15 is 0 Å². The van der Waals surface area contributed by atoms with Crippen molar-refractivity contribution in [2.24, 2.45) is 10.8 Å². The average molecular weight is 687 g/mol. The molecule has 0 spiro atoms. The monoisotopic (exact) mass is 686 g/mol. The highest BCUT2D eigenvalue weighted by atomic mass is 16.6. The highest BCUT2D eigenvalue weighted by Crippen LogP contribution is 2.19. The molecule has 0 bridgehead atoms. The fraction of sp³-hybridized carbons (Fsp3) is 0.765. The molecule has 0 rings (SSSR count). The molecule has 0 saturated carbocycles. The predicted octanol–water partition coefficient (Wildman–Crippen LogP) is 4.16. The van der Waals surface area contributed by atoms with Crippen molar-refractivity contribution in [3.8, 4) is 0 Å². The van der Waals surface area contributed by atoms with E-state index in [1.165, 1.54) is 0 Å². The van der Waals surface area contributed by atoms with Crippen molar-refractivity contribution in [3.05, 3.63) is 0 Å². The van der Waals surface area contributed by atoms with Crippen LogP contribution in [0.5, 0.6) is 0 Å². The smallest absolute Gasteiger partial charge is 0.305 e. The molecule has 48 heavy (non-hydrogen) atoms. The maximum Gasteiger partial charge on any atom is 0.305 e. The third kappa shape index (κ3) is 25.3. The Morgan fingerprint density at radius 1 is 0.312 bits per heavy atom. The minimum Gasteiger partial charge on any atom is -0.462 e. The van der Waals surface area contributed by atoms with Gasteiger partial charge in [-0.2, -0.15) is 0 Å². The Kier molecular flexibility index (Phi) is 22.4. The number of carbonyl (C=O) groups is 8. The number of esters is 6. The van der Waals surface area contributed by atoms with E-state index in [-0.39, 0.29) is 115 Å². The van der Waals surface area contributed by atoms with Gasteiger partial charge < -0.3 is 28.4 Å². The minimum atomic E-state index is -0.582. The van der Waals surface area contributed by atoms with E-state index in [4.69, 9.17) is 28.4 Å². The van der Waals surface area contributed by atoms with Gasteiger partial charge in [-0.3, -0.25) is 38.4 Å². The zero-order valence-corrected chi connectivity index (χ0v) is 29.4. The van der Waals surface area contributed by atoms with E-state index in [1.807, 2.05) is 41.5 Å². The van der Waals surface area contributed by atoms with Crippen molar-refractivity contribution < 1.29 is 66.8 Å². The highest BCUT2D eigenvalue weighted by molar-refractivity contribution is 5.84. The molecule has 0 aliphatic rings. The Bertz CT molecular complexity index is 981. The van der Waals surface area contributed by atoms with Crippen molar-refractivity contribution >= 4 is 47.4 Å². The van der Waals surface area contributed by atoms with Gasteiger partial charge in [0.25, 0.3) is 0 Å². The van der Waals surface area contributed by atoms with Crippen LogP contribution in [-0.4, -0.2) is 87.0 Å². The molecular formula is C34H54O14. The van der Waals surface area contributed by atoms with Gasteiger partial charge in [0.2, 0.25) is 0 Å². The van der Waals surface area contributed by atoms with E-state index < -0.39 is 46.6 Å². The molecule has 0 N–H and O–H groups in total. The molecule has 0 aromatic carbocycles. The van der Waals surface area contributed by atoms with Crippen LogP contribution in [0, 0.1) is 10.8 Å². The Morgan fingerprint density at radius 2 is 0.479 bits per heavy atom. The van der Waals surface area contributed by atoms with Crippen molar-refractivity contribution in [1.29, 1.82) is 0 Å². The number of Topliss-reactive ketones (excluding diaryl/α,β-unsaturated/α-hetero) is 2. The van der Waals surface area contributed by atoms with E-state index in [0.29, 0.717) is 12.8 Å². The molecule has 0 aliphatic heterocycles. The van der Waals surface area contributed by atoms with Gasteiger partial charge >= 0.3 is 35.8 Å². The van der Waals surface area contributed by atoms with Crippen LogP contribution in [0.3, 0.4) is 0 Å². The zero-order chi connectivity index (χ0) is 36.6. The third-order valence-corrected chi connectivity index (χ3v) is 6.59. The van der Waals surface area contributed by atoms with E-state index in [9.17, 15) is 38.4 Å². The number of hydrogen-bond acceptors (Lipinski definition) is 14. The lowest BCUT2D eigenvalue weighted by molar-refractivity contribution is -0.154. The lowest BCUT2D eigenvalue weighted by Gasteiger charge is -2.15. The topological polar surface area (TPSA) is 192 Å². The SMILES string of the molecule is CC(C)(C)C(=O)CCCC(=O)OCCOC(=O)CCCC(=O)OCCOC(=O)CCCC(=O)OCCOC(=O)CCCC(=O)C(C)(C)C. The third-order valence-electron chi connectivity index (χ3n) is 6.59. The molecule has 0 atom stereocenters. The summed E-state index contributed by atoms with van der Waals surface area (Å²) in [4.78, 5) is 94.2. The van der Waals surface area contributed by atoms with Crippen LogP contribution in [0.2, 0.25) is 0 Å². The number of carbonyl (C=O) groups excluding carboxylic acids is 8. The Balaban J connectivity index is 3.73. The summed E-state index contributed by atoms with van der Waals surface area (Å²) in [5, 5.41) is 0. The summed E-state index contributed by atoms with van der Waals surface area (Å²) in [6, 6.07) is 0. The molecular weight excluding hydrogens is 632 g/mol. The number of hydrogen-bond donors (Lipinski definition) is 0. The van der Waals surface area contributed by atoms with Crippen LogP contribution in [-0.2, 0) is 66.8 Å². The molecule has 0 saturated heterocycles. The van der Waals surface area contributed by atoms with Gasteiger partial charge in [0.05, 0.1) is 0 Å². The first-order valence-corrected chi connectivity index (χ1v) is 16.4. The van der Waals surface area contributed by atoms with Crippen LogP contribution in [0.15, 0.2) is 0 Å². The molecule has 0 aromatic rings. The van der Waals surface area contributed by atoms with Crippen LogP contribution >= 0.6 is 0 Å². The second-order valence-corrected chi connectivity index (χ2v) is 13.1. The van der Waals surface area contributed by atoms with E-state index in [1.54, 1.807) is 0 Å². The molecule has 14 heteroatoms. The zero-order valence-electron chi connectivity index (χ0n) is 29.4. The molecule has 0 fully saturated rings. The predicted molar refractivity (Wildman–Crippen MR) is 170 cm³/mol. The van der Waals surface area contributed by atoms with Crippen molar-refractivity contribution in [2.45, 2.75) is 119 Å². The van der Waals surface area contributed by atoms with Gasteiger partial charge in [0, 0.05) is 62.2 Å². The van der Waals surface area contributed by atoms with Gasteiger partial charge in [-0.15, -0.1) is 0 Å². The average Bonchev–Trinajstić information content (AvgIpc) is 2.98. The first kappa shape index (κ1) is 44.2. The van der Waals surface area contributed by atoms with Crippen LogP contribution in [0.4, 0.5) is 0 Å². The first-order chi connectivity index (χ1) is 22.4. The number of rotatable bonds is 25. The molecule has 0 unspecified atom stereocenters. The molecule has 0 amide bonds. The van der Waals surface area contributed by atoms with E-state index in [2.05, 4.69) is 0 Å². The van der Waals surface area contributed by atoms with E-state index in [0.717, 1.165) is 0 Å². The summed E-state index contributed by atoms with van der Waals surface area (Å²) >= 11 is 0. The summed E-state index contributed by atoms with van der Waals surface area (Å²) in [6.07, 6.45) is 1.73. The standard InChI is InChI=1S/C34H54O14/c1-33(2,3)25(35)11-7-13-27(37)43-19-21-45-29(39)15-9-17-31(41)47-23-24-48-32(42)18-10-16-30(40)46-22-20-44-28(38)14-8-12-26(36)34(4,5)6/h7-24H2,1-6H3. The van der Waals surface area contributed by atoms with Gasteiger partial charge in [-0.05, 0) is 25.7 Å². The quantitative estimate of drug-likeness (QED) is 0.0755. The Labute approximate surface area is 283 Å². The second kappa shape index (κ2) is 24.3. The summed E-state index contributed by atoms with van der Waals surface area (Å²) in [5.41, 5.74) is -0.899. The van der Waals surface area contributed by atoms with Crippen LogP contribution in [0.25, 0.3) is 0 Å². The highest BCUT2D eigenvalue weighted by Gasteiger charge is 2.22. The summed E-state index contributed by atoms with van der Waals surface area (Å²) in [6.45, 7) is 10.1. The van der Waals surface area contributed by atoms with Gasteiger partial charge in [0.15, 0.2) is 0 Å². The van der Waals surface area contributed by atoms with Crippen LogP contribution in [0.1, 0.15) is 119 Å². The number of ether oxygens (including phenoxy) is 6. The van der Waals surface area contributed by atoms with Gasteiger partial charge in [0.1, 0.15) is 51.2 Å². The maximum absolute atomic E-state index is 11.8. The Morgan fingerprint density at radius 3 is 0.646 bits per heavy atom. The largest absolute Gasteiger partial charge is 0.462 e. The lowest BCUT2D eigenvalue weighted by atomic mass is 9.88. The summed E-state index contributed by atoms with van der Waals surface area (Å²) < 4.78 is 29.8. The molecule has 274 valence electrons. The molecule has 0 radical (unpaired) electrons. The second-order valence-electron chi connectivity index (χ2n) is 13.1. The van der Waals surface area contributed by atoms with Crippen molar-refractivity contribution in [1.82, 2.24) is 0 Å². The molecule has 14 nitrogen and oxygen atoms in total. The van der Waals surface area contributed by atoms with Gasteiger partial charge in [-0.1, -0.05) is 41.5 Å². The summed E-state index contributed by atoms with van der Waals surface area (Å²) in [5.74, 6) is -3.11. The molecule has 0 aromatic heterocycles. The fourth-order valence-corrected chi connectivity index (χ4v) is 3.66. The fourth-order valence-electron chi connectivity index (χ4n) is 3.66. The summed E-state index contributed by atoms with van der Waals surface area (Å²) in [7, 11) is 0. The number of ketones is 2.